The first-order valence-corrected chi connectivity index (χ1v) is 17.1. The Kier molecular flexibility index (Phi) is 9.82. The third-order valence-corrected chi connectivity index (χ3v) is 10.2. The van der Waals surface area contributed by atoms with E-state index in [2.05, 4.69) is 28.2 Å². The second-order valence-corrected chi connectivity index (χ2v) is 14.7. The van der Waals surface area contributed by atoms with Crippen LogP contribution in [0, 0.1) is 29.1 Å². The molecule has 1 fully saturated rings. The highest BCUT2D eigenvalue weighted by Crippen LogP contribution is 2.45. The molecule has 1 saturated carbocycles. The van der Waals surface area contributed by atoms with Crippen molar-refractivity contribution in [3.63, 3.8) is 0 Å². The fourth-order valence-corrected chi connectivity index (χ4v) is 5.86. The average molecular weight is 662 g/mol. The lowest BCUT2D eigenvalue weighted by Gasteiger charge is -2.27. The molecule has 0 radical (unpaired) electrons. The molecule has 1 aliphatic carbocycles. The molecule has 0 saturated heterocycles. The van der Waals surface area contributed by atoms with E-state index in [1.165, 1.54) is 27.9 Å². The van der Waals surface area contributed by atoms with Crippen molar-refractivity contribution in [2.24, 2.45) is 5.41 Å². The molecule has 2 amide bonds. The number of para-hydroxylation sites is 1. The normalized spacial score (nSPS) is 16.3. The van der Waals surface area contributed by atoms with E-state index in [0.29, 0.717) is 16.8 Å². The molecule has 16 heteroatoms. The highest BCUT2D eigenvalue weighted by atomic mass is 32.2. The summed E-state index contributed by atoms with van der Waals surface area (Å²) >= 11 is 0. The summed E-state index contributed by atoms with van der Waals surface area (Å²) in [5, 5.41) is 8.98. The van der Waals surface area contributed by atoms with E-state index in [9.17, 15) is 27.4 Å². The van der Waals surface area contributed by atoms with E-state index in [1.54, 1.807) is 30.5 Å². The highest BCUT2D eigenvalue weighted by molar-refractivity contribution is 7.92. The van der Waals surface area contributed by atoms with Crippen LogP contribution in [0.1, 0.15) is 49.4 Å². The van der Waals surface area contributed by atoms with Crippen LogP contribution in [0.5, 0.6) is 5.75 Å². The van der Waals surface area contributed by atoms with Gasteiger partial charge in [-0.1, -0.05) is 30.0 Å². The van der Waals surface area contributed by atoms with E-state index in [4.69, 9.17) is 19.7 Å². The third kappa shape index (κ3) is 8.34. The summed E-state index contributed by atoms with van der Waals surface area (Å²) in [5.74, 6) is 9.90. The SMILES string of the molecule is CC(CCN1Cc2cc(C#CC#CC3(COC(=O)CCc4ccccc4OP(=O)(O)O)CC3)cn2C1=O)(C(=O)NO)S(C)(=O)=O. The van der Waals surface area contributed by atoms with Crippen LogP contribution in [0.3, 0.4) is 0 Å². The molecule has 2 aliphatic rings. The zero-order valence-electron chi connectivity index (χ0n) is 24.5. The molecule has 4 rings (SSSR count). The van der Waals surface area contributed by atoms with Crippen LogP contribution in [0.25, 0.3) is 0 Å². The summed E-state index contributed by atoms with van der Waals surface area (Å²) in [6, 6.07) is 7.55. The molecule has 2 heterocycles. The number of phosphoric ester groups is 1. The summed E-state index contributed by atoms with van der Waals surface area (Å²) in [4.78, 5) is 56.7. The molecule has 240 valence electrons. The van der Waals surface area contributed by atoms with Gasteiger partial charge in [0.25, 0.3) is 5.91 Å². The maximum Gasteiger partial charge on any atom is 0.524 e. The Morgan fingerprint density at radius 1 is 1.20 bits per heavy atom. The molecule has 1 atom stereocenters. The van der Waals surface area contributed by atoms with Gasteiger partial charge in [-0.05, 0) is 62.1 Å². The molecule has 2 aromatic rings. The van der Waals surface area contributed by atoms with Crippen LogP contribution in [0.4, 0.5) is 4.79 Å². The van der Waals surface area contributed by atoms with Crippen LogP contribution in [0.2, 0.25) is 0 Å². The van der Waals surface area contributed by atoms with Crippen molar-refractivity contribution in [1.82, 2.24) is 14.9 Å². The average Bonchev–Trinajstić information content (AvgIpc) is 3.53. The van der Waals surface area contributed by atoms with Crippen molar-refractivity contribution in [3.05, 3.63) is 53.3 Å². The van der Waals surface area contributed by atoms with Gasteiger partial charge in [-0.2, -0.15) is 0 Å². The number of sulfone groups is 1. The number of hydrogen-bond donors (Lipinski definition) is 4. The smallest absolute Gasteiger partial charge is 0.464 e. The molecule has 1 aromatic heterocycles. The molecule has 1 unspecified atom stereocenters. The van der Waals surface area contributed by atoms with Gasteiger partial charge >= 0.3 is 19.8 Å². The number of nitrogens with zero attached hydrogens (tertiary/aromatic N) is 2. The van der Waals surface area contributed by atoms with Crippen molar-refractivity contribution in [3.8, 4) is 29.4 Å². The molecule has 4 N–H and O–H groups in total. The van der Waals surface area contributed by atoms with Crippen molar-refractivity contribution in [2.75, 3.05) is 19.4 Å². The summed E-state index contributed by atoms with van der Waals surface area (Å²) in [7, 11) is -8.63. The maximum atomic E-state index is 12.8. The van der Waals surface area contributed by atoms with E-state index in [-0.39, 0.29) is 44.7 Å². The Morgan fingerprint density at radius 3 is 2.53 bits per heavy atom. The Labute approximate surface area is 259 Å². The monoisotopic (exact) mass is 661 g/mol. The lowest BCUT2D eigenvalue weighted by atomic mass is 10.1. The van der Waals surface area contributed by atoms with Gasteiger partial charge in [0.05, 0.1) is 12.0 Å². The quantitative estimate of drug-likeness (QED) is 0.0849. The number of phosphoric acid groups is 1. The van der Waals surface area contributed by atoms with Gasteiger partial charge in [-0.25, -0.2) is 23.3 Å². The maximum absolute atomic E-state index is 12.8. The lowest BCUT2D eigenvalue weighted by Crippen LogP contribution is -2.50. The van der Waals surface area contributed by atoms with E-state index in [0.717, 1.165) is 19.1 Å². The van der Waals surface area contributed by atoms with Gasteiger partial charge < -0.3 is 14.2 Å². The minimum absolute atomic E-state index is 0.00117. The second-order valence-electron chi connectivity index (χ2n) is 11.1. The van der Waals surface area contributed by atoms with Crippen molar-refractivity contribution in [2.45, 2.75) is 50.3 Å². The summed E-state index contributed by atoms with van der Waals surface area (Å²) < 4.78 is 45.1. The van der Waals surface area contributed by atoms with Crippen molar-refractivity contribution < 1.29 is 51.6 Å². The number of benzene rings is 1. The number of amides is 2. The number of hydrogen-bond acceptors (Lipinski definition) is 9. The number of esters is 1. The summed E-state index contributed by atoms with van der Waals surface area (Å²) in [5.41, 5.74) is 2.54. The fourth-order valence-electron chi connectivity index (χ4n) is 4.58. The number of nitrogens with one attached hydrogen (secondary N) is 1. The predicted molar refractivity (Wildman–Crippen MR) is 158 cm³/mol. The number of carbonyl (C=O) groups excluding carboxylic acids is 3. The van der Waals surface area contributed by atoms with E-state index >= 15 is 0 Å². The Hall–Kier alpha value is -4.11. The van der Waals surface area contributed by atoms with Gasteiger partial charge in [0.15, 0.2) is 14.6 Å². The van der Waals surface area contributed by atoms with Crippen LogP contribution in [0.15, 0.2) is 36.5 Å². The minimum Gasteiger partial charge on any atom is -0.464 e. The second kappa shape index (κ2) is 13.1. The third-order valence-electron chi connectivity index (χ3n) is 7.74. The Balaban J connectivity index is 1.27. The number of rotatable bonds is 12. The fraction of sp³-hybridized carbons (Fsp3) is 0.414. The molecule has 14 nitrogen and oxygen atoms in total. The number of ether oxygens (including phenoxy) is 1. The van der Waals surface area contributed by atoms with Gasteiger partial charge in [-0.15, -0.1) is 0 Å². The van der Waals surface area contributed by atoms with Crippen molar-refractivity contribution in [1.29, 1.82) is 0 Å². The molecule has 0 spiro atoms. The van der Waals surface area contributed by atoms with Crippen LogP contribution >= 0.6 is 7.82 Å². The molecule has 45 heavy (non-hydrogen) atoms. The topological polar surface area (TPSA) is 202 Å². The first kappa shape index (κ1) is 33.8. The van der Waals surface area contributed by atoms with Crippen LogP contribution in [-0.4, -0.2) is 74.9 Å². The number of aryl methyl sites for hydroxylation is 1. The molecule has 1 aliphatic heterocycles. The Morgan fingerprint density at radius 2 is 1.91 bits per heavy atom. The highest BCUT2D eigenvalue weighted by Gasteiger charge is 2.44. The first-order valence-electron chi connectivity index (χ1n) is 13.7. The van der Waals surface area contributed by atoms with Crippen LogP contribution in [-0.2, 0) is 41.7 Å². The van der Waals surface area contributed by atoms with E-state index < -0.39 is 45.7 Å². The van der Waals surface area contributed by atoms with Crippen molar-refractivity contribution >= 4 is 35.6 Å². The number of carbonyl (C=O) groups is 3. The van der Waals surface area contributed by atoms with Gasteiger partial charge in [0.1, 0.15) is 12.4 Å². The number of fused-ring (bicyclic) bond motifs is 1. The predicted octanol–water partition coefficient (Wildman–Crippen LogP) is 1.75. The standard InChI is InChI=1S/C29H32N3O11PS/c1-28(26(34)30-36,45(2,40)41)15-16-31-19-23-17-21(18-32(23)27(31)35)7-5-6-12-29(13-14-29)20-42-25(33)11-10-22-8-3-4-9-24(22)43-44(37,38)39/h3-4,8-9,17-18,36H,10-11,13-16,19-20H2,1-2H3,(H,30,34)(H2,37,38,39). The largest absolute Gasteiger partial charge is 0.524 e. The van der Waals surface area contributed by atoms with Crippen LogP contribution < -0.4 is 10.0 Å². The zero-order valence-corrected chi connectivity index (χ0v) is 26.2. The first-order chi connectivity index (χ1) is 21.1. The van der Waals surface area contributed by atoms with Gasteiger partial charge in [0, 0.05) is 36.7 Å². The summed E-state index contributed by atoms with van der Waals surface area (Å²) in [6.45, 7) is 1.43. The number of aromatic nitrogens is 1. The van der Waals surface area contributed by atoms with Gasteiger partial charge in [0.2, 0.25) is 0 Å². The molecular weight excluding hydrogens is 629 g/mol. The molecular formula is C29H32N3O11PS. The molecule has 1 aromatic carbocycles. The lowest BCUT2D eigenvalue weighted by molar-refractivity contribution is -0.144. The van der Waals surface area contributed by atoms with Gasteiger partial charge in [-0.3, -0.25) is 29.2 Å². The number of hydroxylamine groups is 1. The van der Waals surface area contributed by atoms with E-state index in [1.807, 2.05) is 0 Å². The zero-order chi connectivity index (χ0) is 33.0. The molecule has 0 bridgehead atoms. The minimum atomic E-state index is -4.74. The Bertz CT molecular complexity index is 1790. The summed E-state index contributed by atoms with van der Waals surface area (Å²) in [6.07, 6.45) is 3.84.